The van der Waals surface area contributed by atoms with E-state index in [4.69, 9.17) is 18.0 Å². The molecule has 0 aliphatic heterocycles. The quantitative estimate of drug-likeness (QED) is 0.697. The van der Waals surface area contributed by atoms with Crippen molar-refractivity contribution in [3.8, 4) is 12.3 Å². The summed E-state index contributed by atoms with van der Waals surface area (Å²) in [6.07, 6.45) is 5.41. The SMILES string of the molecule is C#Cc1cccc(NC(=O)c2c(C)nn(Cc3ccccc3Cl)c2C)c1. The number of carbonyl (C=O) groups is 1. The molecule has 0 aliphatic rings. The number of hydrogen-bond donors (Lipinski definition) is 1. The number of hydrogen-bond acceptors (Lipinski definition) is 2. The number of anilines is 1. The fraction of sp³-hybridized carbons (Fsp3) is 0.143. The van der Waals surface area contributed by atoms with Gasteiger partial charge in [0.15, 0.2) is 0 Å². The number of aromatic nitrogens is 2. The van der Waals surface area contributed by atoms with E-state index in [0.717, 1.165) is 11.3 Å². The molecule has 5 heteroatoms. The summed E-state index contributed by atoms with van der Waals surface area (Å²) in [5.74, 6) is 2.35. The Hall–Kier alpha value is -3.03. The van der Waals surface area contributed by atoms with Crippen LogP contribution in [0.1, 0.15) is 32.9 Å². The predicted molar refractivity (Wildman–Crippen MR) is 105 cm³/mol. The van der Waals surface area contributed by atoms with Gasteiger partial charge in [-0.05, 0) is 43.7 Å². The first kappa shape index (κ1) is 17.8. The number of halogens is 1. The molecule has 3 rings (SSSR count). The second kappa shape index (κ2) is 7.47. The Labute approximate surface area is 157 Å². The predicted octanol–water partition coefficient (Wildman–Crippen LogP) is 4.44. The molecule has 0 unspecified atom stereocenters. The molecule has 0 radical (unpaired) electrons. The Bertz CT molecular complexity index is 1010. The van der Waals surface area contributed by atoms with Crippen LogP contribution in [0.5, 0.6) is 0 Å². The third-order valence-electron chi connectivity index (χ3n) is 4.17. The summed E-state index contributed by atoms with van der Waals surface area (Å²) in [7, 11) is 0. The molecule has 1 aromatic heterocycles. The number of rotatable bonds is 4. The highest BCUT2D eigenvalue weighted by Gasteiger charge is 2.19. The van der Waals surface area contributed by atoms with Gasteiger partial charge in [-0.3, -0.25) is 9.48 Å². The number of nitrogens with one attached hydrogen (secondary N) is 1. The first-order valence-corrected chi connectivity index (χ1v) is 8.53. The van der Waals surface area contributed by atoms with Crippen LogP contribution in [0.25, 0.3) is 0 Å². The third kappa shape index (κ3) is 3.63. The molecule has 130 valence electrons. The molecule has 0 saturated heterocycles. The Morgan fingerprint density at radius 3 is 2.73 bits per heavy atom. The van der Waals surface area contributed by atoms with Gasteiger partial charge < -0.3 is 5.32 Å². The van der Waals surface area contributed by atoms with Crippen molar-refractivity contribution in [3.05, 3.63) is 81.6 Å². The Balaban J connectivity index is 1.86. The third-order valence-corrected chi connectivity index (χ3v) is 4.54. The number of benzene rings is 2. The van der Waals surface area contributed by atoms with Crippen LogP contribution in [0.4, 0.5) is 5.69 Å². The Morgan fingerprint density at radius 2 is 2.00 bits per heavy atom. The van der Waals surface area contributed by atoms with Gasteiger partial charge in [-0.2, -0.15) is 5.10 Å². The van der Waals surface area contributed by atoms with Gasteiger partial charge in [0, 0.05) is 22.0 Å². The molecule has 1 heterocycles. The second-order valence-electron chi connectivity index (χ2n) is 5.97. The van der Waals surface area contributed by atoms with Crippen LogP contribution >= 0.6 is 11.6 Å². The van der Waals surface area contributed by atoms with Crippen molar-refractivity contribution in [2.45, 2.75) is 20.4 Å². The van der Waals surface area contributed by atoms with E-state index < -0.39 is 0 Å². The first-order chi connectivity index (χ1) is 12.5. The van der Waals surface area contributed by atoms with Crippen LogP contribution < -0.4 is 5.32 Å². The van der Waals surface area contributed by atoms with E-state index in [1.807, 2.05) is 50.2 Å². The lowest BCUT2D eigenvalue weighted by atomic mass is 10.1. The second-order valence-corrected chi connectivity index (χ2v) is 6.38. The van der Waals surface area contributed by atoms with Crippen LogP contribution in [0.15, 0.2) is 48.5 Å². The molecule has 1 amide bonds. The molecular weight excluding hydrogens is 346 g/mol. The zero-order valence-corrected chi connectivity index (χ0v) is 15.3. The maximum absolute atomic E-state index is 12.7. The van der Waals surface area contributed by atoms with Gasteiger partial charge in [0.1, 0.15) is 0 Å². The van der Waals surface area contributed by atoms with Crippen LogP contribution in [0, 0.1) is 26.2 Å². The molecule has 0 atom stereocenters. The summed E-state index contributed by atoms with van der Waals surface area (Å²) in [5.41, 5.74) is 4.33. The van der Waals surface area contributed by atoms with Crippen molar-refractivity contribution < 1.29 is 4.79 Å². The highest BCUT2D eigenvalue weighted by Crippen LogP contribution is 2.20. The smallest absolute Gasteiger partial charge is 0.259 e. The molecule has 1 N–H and O–H groups in total. The fourth-order valence-corrected chi connectivity index (χ4v) is 3.04. The standard InChI is InChI=1S/C21H18ClN3O/c1-4-16-8-7-10-18(12-16)23-21(26)20-14(2)24-25(15(20)3)13-17-9-5-6-11-19(17)22/h1,5-12H,13H2,2-3H3,(H,23,26). The largest absolute Gasteiger partial charge is 0.322 e. The van der Waals surface area contributed by atoms with E-state index in [1.54, 1.807) is 16.8 Å². The van der Waals surface area contributed by atoms with Crippen molar-refractivity contribution in [2.75, 3.05) is 5.32 Å². The van der Waals surface area contributed by atoms with Gasteiger partial charge in [0.05, 0.1) is 17.8 Å². The number of carbonyl (C=O) groups excluding carboxylic acids is 1. The molecule has 26 heavy (non-hydrogen) atoms. The minimum atomic E-state index is -0.209. The van der Waals surface area contributed by atoms with Crippen molar-refractivity contribution in [1.29, 1.82) is 0 Å². The lowest BCUT2D eigenvalue weighted by Crippen LogP contribution is -2.14. The van der Waals surface area contributed by atoms with E-state index in [1.165, 1.54) is 0 Å². The molecule has 0 fully saturated rings. The van der Waals surface area contributed by atoms with Crippen molar-refractivity contribution in [2.24, 2.45) is 0 Å². The zero-order valence-electron chi connectivity index (χ0n) is 14.6. The van der Waals surface area contributed by atoms with E-state index in [0.29, 0.717) is 34.1 Å². The van der Waals surface area contributed by atoms with E-state index >= 15 is 0 Å². The normalized spacial score (nSPS) is 10.4. The molecule has 0 aliphatic carbocycles. The molecule has 2 aromatic carbocycles. The van der Waals surface area contributed by atoms with E-state index in [2.05, 4.69) is 16.3 Å². The molecule has 0 saturated carbocycles. The number of aryl methyl sites for hydroxylation is 1. The maximum Gasteiger partial charge on any atom is 0.259 e. The van der Waals surface area contributed by atoms with Gasteiger partial charge >= 0.3 is 0 Å². The van der Waals surface area contributed by atoms with E-state index in [-0.39, 0.29) is 5.91 Å². The van der Waals surface area contributed by atoms with Gasteiger partial charge in [0.2, 0.25) is 0 Å². The van der Waals surface area contributed by atoms with Crippen molar-refractivity contribution >= 4 is 23.2 Å². The molecule has 4 nitrogen and oxygen atoms in total. The first-order valence-electron chi connectivity index (χ1n) is 8.15. The summed E-state index contributed by atoms with van der Waals surface area (Å²) >= 11 is 6.23. The van der Waals surface area contributed by atoms with Gasteiger partial charge in [-0.15, -0.1) is 6.42 Å². The number of nitrogens with zero attached hydrogens (tertiary/aromatic N) is 2. The molecule has 0 bridgehead atoms. The summed E-state index contributed by atoms with van der Waals surface area (Å²) in [4.78, 5) is 12.7. The van der Waals surface area contributed by atoms with Gasteiger partial charge in [-0.1, -0.05) is 41.8 Å². The highest BCUT2D eigenvalue weighted by molar-refractivity contribution is 6.31. The minimum absolute atomic E-state index is 0.209. The van der Waals surface area contributed by atoms with Crippen molar-refractivity contribution in [3.63, 3.8) is 0 Å². The molecule has 0 spiro atoms. The minimum Gasteiger partial charge on any atom is -0.322 e. The fourth-order valence-electron chi connectivity index (χ4n) is 2.85. The summed E-state index contributed by atoms with van der Waals surface area (Å²) in [6, 6.07) is 14.8. The summed E-state index contributed by atoms with van der Waals surface area (Å²) in [6.45, 7) is 4.21. The van der Waals surface area contributed by atoms with Crippen LogP contribution in [-0.2, 0) is 6.54 Å². The average molecular weight is 364 g/mol. The highest BCUT2D eigenvalue weighted by atomic mass is 35.5. The van der Waals surface area contributed by atoms with Gasteiger partial charge in [-0.25, -0.2) is 0 Å². The lowest BCUT2D eigenvalue weighted by molar-refractivity contribution is 0.102. The Kier molecular flexibility index (Phi) is 5.11. The van der Waals surface area contributed by atoms with Gasteiger partial charge in [0.25, 0.3) is 5.91 Å². The topological polar surface area (TPSA) is 46.9 Å². The maximum atomic E-state index is 12.7. The lowest BCUT2D eigenvalue weighted by Gasteiger charge is -2.08. The van der Waals surface area contributed by atoms with E-state index in [9.17, 15) is 4.79 Å². The van der Waals surface area contributed by atoms with Crippen LogP contribution in [0.3, 0.4) is 0 Å². The molecule has 3 aromatic rings. The van der Waals surface area contributed by atoms with Crippen molar-refractivity contribution in [1.82, 2.24) is 9.78 Å². The zero-order chi connectivity index (χ0) is 18.7. The Morgan fingerprint density at radius 1 is 1.23 bits per heavy atom. The monoisotopic (exact) mass is 363 g/mol. The van der Waals surface area contributed by atoms with Crippen LogP contribution in [-0.4, -0.2) is 15.7 Å². The number of terminal acetylenes is 1. The summed E-state index contributed by atoms with van der Waals surface area (Å²) < 4.78 is 1.79. The summed E-state index contributed by atoms with van der Waals surface area (Å²) in [5, 5.41) is 8.08. The average Bonchev–Trinajstić information content (AvgIpc) is 2.90. The van der Waals surface area contributed by atoms with Crippen LogP contribution in [0.2, 0.25) is 5.02 Å². The number of amides is 1. The molecular formula is C21H18ClN3O.